The molecule has 4 rings (SSSR count). The van der Waals surface area contributed by atoms with Gasteiger partial charge in [0.05, 0.1) is 19.0 Å². The molecule has 0 saturated heterocycles. The molecule has 3 aromatic carbocycles. The van der Waals surface area contributed by atoms with Gasteiger partial charge in [-0.05, 0) is 60.7 Å². The molecule has 0 unspecified atom stereocenters. The number of hydrogen-bond acceptors (Lipinski definition) is 4. The minimum atomic E-state index is -0.426. The number of rotatable bonds is 6. The summed E-state index contributed by atoms with van der Waals surface area (Å²) in [6, 6.07) is 22.2. The summed E-state index contributed by atoms with van der Waals surface area (Å²) >= 11 is 0. The lowest BCUT2D eigenvalue weighted by Gasteiger charge is -2.08. The van der Waals surface area contributed by atoms with Crippen molar-refractivity contribution in [3.05, 3.63) is 96.6 Å². The van der Waals surface area contributed by atoms with E-state index in [9.17, 15) is 9.18 Å². The second-order valence-corrected chi connectivity index (χ2v) is 6.36. The van der Waals surface area contributed by atoms with Gasteiger partial charge in [0.2, 0.25) is 0 Å². The van der Waals surface area contributed by atoms with Crippen LogP contribution in [0.4, 0.5) is 10.1 Å². The lowest BCUT2D eigenvalue weighted by Crippen LogP contribution is -2.14. The maximum absolute atomic E-state index is 13.1. The van der Waals surface area contributed by atoms with Crippen LogP contribution < -0.4 is 14.8 Å². The van der Waals surface area contributed by atoms with E-state index in [4.69, 9.17) is 9.47 Å². The first-order chi connectivity index (χ1) is 14.6. The third kappa shape index (κ3) is 4.30. The first-order valence-electron chi connectivity index (χ1n) is 9.16. The van der Waals surface area contributed by atoms with E-state index in [1.54, 1.807) is 42.6 Å². The van der Waals surface area contributed by atoms with Gasteiger partial charge in [-0.25, -0.2) is 9.07 Å². The topological polar surface area (TPSA) is 65.4 Å². The highest BCUT2D eigenvalue weighted by atomic mass is 19.1. The van der Waals surface area contributed by atoms with Crippen LogP contribution in [-0.2, 0) is 0 Å². The Morgan fingerprint density at radius 2 is 1.60 bits per heavy atom. The summed E-state index contributed by atoms with van der Waals surface area (Å²) < 4.78 is 25.6. The monoisotopic (exact) mass is 403 g/mol. The van der Waals surface area contributed by atoms with E-state index in [-0.39, 0.29) is 11.5 Å². The average Bonchev–Trinajstić information content (AvgIpc) is 3.21. The Balaban J connectivity index is 1.49. The van der Waals surface area contributed by atoms with Crippen LogP contribution in [0, 0.1) is 5.82 Å². The van der Waals surface area contributed by atoms with Crippen molar-refractivity contribution >= 4 is 11.6 Å². The highest BCUT2D eigenvalue weighted by Gasteiger charge is 2.18. The highest BCUT2D eigenvalue weighted by molar-refractivity contribution is 6.04. The molecule has 1 N–H and O–H groups in total. The van der Waals surface area contributed by atoms with Gasteiger partial charge in [0.1, 0.15) is 17.3 Å². The van der Waals surface area contributed by atoms with Crippen molar-refractivity contribution in [3.63, 3.8) is 0 Å². The molecule has 1 heterocycles. The molecule has 30 heavy (non-hydrogen) atoms. The van der Waals surface area contributed by atoms with Crippen LogP contribution in [0.5, 0.6) is 17.2 Å². The Morgan fingerprint density at radius 1 is 0.933 bits per heavy atom. The maximum atomic E-state index is 13.1. The molecule has 0 spiro atoms. The Bertz CT molecular complexity index is 1140. The third-order valence-electron chi connectivity index (χ3n) is 4.30. The first kappa shape index (κ1) is 19.2. The van der Waals surface area contributed by atoms with Crippen molar-refractivity contribution < 1.29 is 18.7 Å². The third-order valence-corrected chi connectivity index (χ3v) is 4.30. The van der Waals surface area contributed by atoms with E-state index in [1.807, 2.05) is 30.3 Å². The van der Waals surface area contributed by atoms with Crippen molar-refractivity contribution in [1.29, 1.82) is 0 Å². The number of carbonyl (C=O) groups is 1. The largest absolute Gasteiger partial charge is 0.493 e. The van der Waals surface area contributed by atoms with Crippen LogP contribution in [0.2, 0.25) is 0 Å². The van der Waals surface area contributed by atoms with Gasteiger partial charge in [-0.2, -0.15) is 5.10 Å². The molecule has 0 bridgehead atoms. The molecular formula is C23H18FN3O3. The molecule has 0 aliphatic carbocycles. The van der Waals surface area contributed by atoms with E-state index in [0.29, 0.717) is 22.9 Å². The zero-order valence-corrected chi connectivity index (χ0v) is 16.1. The molecule has 0 fully saturated rings. The summed E-state index contributed by atoms with van der Waals surface area (Å²) in [6.07, 6.45) is 1.57. The normalized spacial score (nSPS) is 10.5. The van der Waals surface area contributed by atoms with Crippen molar-refractivity contribution in [3.8, 4) is 22.9 Å². The Kier molecular flexibility index (Phi) is 5.43. The molecule has 4 aromatic rings. The van der Waals surface area contributed by atoms with Crippen LogP contribution in [-0.4, -0.2) is 22.8 Å². The second kappa shape index (κ2) is 8.48. The van der Waals surface area contributed by atoms with Crippen LogP contribution in [0.25, 0.3) is 5.69 Å². The average molecular weight is 403 g/mol. The maximum Gasteiger partial charge on any atom is 0.280 e. The van der Waals surface area contributed by atoms with Crippen LogP contribution in [0.3, 0.4) is 0 Å². The minimum Gasteiger partial charge on any atom is -0.493 e. The first-order valence-corrected chi connectivity index (χ1v) is 9.16. The summed E-state index contributed by atoms with van der Waals surface area (Å²) in [5.74, 6) is 0.906. The van der Waals surface area contributed by atoms with Crippen molar-refractivity contribution in [2.75, 3.05) is 12.4 Å². The number of methoxy groups -OCH3 is 1. The smallest absolute Gasteiger partial charge is 0.280 e. The highest BCUT2D eigenvalue weighted by Crippen LogP contribution is 2.24. The van der Waals surface area contributed by atoms with Crippen molar-refractivity contribution in [1.82, 2.24) is 9.78 Å². The molecule has 1 aromatic heterocycles. The van der Waals surface area contributed by atoms with Gasteiger partial charge in [0.15, 0.2) is 11.4 Å². The summed E-state index contributed by atoms with van der Waals surface area (Å²) in [6.45, 7) is 0. The van der Waals surface area contributed by atoms with Crippen LogP contribution >= 0.6 is 0 Å². The number of aromatic nitrogens is 2. The van der Waals surface area contributed by atoms with Gasteiger partial charge in [-0.3, -0.25) is 4.79 Å². The van der Waals surface area contributed by atoms with Crippen LogP contribution in [0.1, 0.15) is 10.5 Å². The number of halogens is 1. The molecule has 0 atom stereocenters. The zero-order valence-electron chi connectivity index (χ0n) is 16.1. The Hall–Kier alpha value is -4.13. The molecule has 0 aliphatic rings. The van der Waals surface area contributed by atoms with E-state index in [1.165, 1.54) is 23.9 Å². The number of ether oxygens (including phenoxy) is 2. The SMILES string of the molecule is COc1cn(-c2ccc(F)cc2)nc1C(=O)Nc1ccc(Oc2ccccc2)cc1. The number of hydrogen-bond donors (Lipinski definition) is 1. The van der Waals surface area contributed by atoms with Gasteiger partial charge >= 0.3 is 0 Å². The van der Waals surface area contributed by atoms with Crippen molar-refractivity contribution in [2.45, 2.75) is 0 Å². The fourth-order valence-corrected chi connectivity index (χ4v) is 2.81. The molecule has 1 amide bonds. The predicted molar refractivity (Wildman–Crippen MR) is 111 cm³/mol. The fraction of sp³-hybridized carbons (Fsp3) is 0.0435. The summed E-state index contributed by atoms with van der Waals surface area (Å²) in [5.41, 5.74) is 1.31. The number of nitrogens with one attached hydrogen (secondary N) is 1. The molecule has 0 saturated carbocycles. The number of anilines is 1. The van der Waals surface area contributed by atoms with Gasteiger partial charge in [0.25, 0.3) is 5.91 Å². The number of amides is 1. The number of para-hydroxylation sites is 1. The van der Waals surface area contributed by atoms with Crippen molar-refractivity contribution in [2.24, 2.45) is 0 Å². The lowest BCUT2D eigenvalue weighted by molar-refractivity contribution is 0.101. The minimum absolute atomic E-state index is 0.117. The van der Waals surface area contributed by atoms with Gasteiger partial charge in [-0.1, -0.05) is 18.2 Å². The molecule has 6 nitrogen and oxygen atoms in total. The lowest BCUT2D eigenvalue weighted by atomic mass is 10.3. The summed E-state index contributed by atoms with van der Waals surface area (Å²) in [4.78, 5) is 12.7. The second-order valence-electron chi connectivity index (χ2n) is 6.36. The molecule has 0 aliphatic heterocycles. The number of nitrogens with zero attached hydrogens (tertiary/aromatic N) is 2. The standard InChI is InChI=1S/C23H18FN3O3/c1-29-21-15-27(18-11-7-16(24)8-12-18)26-22(21)23(28)25-17-9-13-20(14-10-17)30-19-5-3-2-4-6-19/h2-15H,1H3,(H,25,28). The zero-order chi connectivity index (χ0) is 20.9. The quantitative estimate of drug-likeness (QED) is 0.488. The molecule has 7 heteroatoms. The molecular weight excluding hydrogens is 385 g/mol. The number of benzene rings is 3. The predicted octanol–water partition coefficient (Wildman–Crippen LogP) is 5.06. The van der Waals surface area contributed by atoms with E-state index in [0.717, 1.165) is 5.75 Å². The fourth-order valence-electron chi connectivity index (χ4n) is 2.81. The van der Waals surface area contributed by atoms with E-state index >= 15 is 0 Å². The van der Waals surface area contributed by atoms with Gasteiger partial charge in [0, 0.05) is 5.69 Å². The van der Waals surface area contributed by atoms with E-state index in [2.05, 4.69) is 10.4 Å². The van der Waals surface area contributed by atoms with Gasteiger partial charge in [-0.15, -0.1) is 0 Å². The Morgan fingerprint density at radius 3 is 2.27 bits per heavy atom. The van der Waals surface area contributed by atoms with E-state index < -0.39 is 5.91 Å². The summed E-state index contributed by atoms with van der Waals surface area (Å²) in [7, 11) is 1.46. The van der Waals surface area contributed by atoms with Gasteiger partial charge < -0.3 is 14.8 Å². The number of carbonyl (C=O) groups excluding carboxylic acids is 1. The van der Waals surface area contributed by atoms with Crippen LogP contribution in [0.15, 0.2) is 85.1 Å². The summed E-state index contributed by atoms with van der Waals surface area (Å²) in [5, 5.41) is 7.07. The molecule has 150 valence electrons. The Labute approximate surface area is 172 Å². The molecule has 0 radical (unpaired) electrons.